The molecule has 3 atom stereocenters. The number of anilines is 1. The fourth-order valence-electron chi connectivity index (χ4n) is 3.63. The minimum Gasteiger partial charge on any atom is -0.604 e. The number of nitriles is 1. The van der Waals surface area contributed by atoms with Crippen LogP contribution in [0.5, 0.6) is 0 Å². The summed E-state index contributed by atoms with van der Waals surface area (Å²) in [7, 11) is 0. The van der Waals surface area contributed by atoms with E-state index in [9.17, 15) is 59.5 Å². The molecule has 1 aromatic heterocycles. The molecule has 0 amide bonds. The predicted molar refractivity (Wildman–Crippen MR) is 99.8 cm³/mol. The van der Waals surface area contributed by atoms with Crippen LogP contribution >= 0.6 is 11.6 Å². The van der Waals surface area contributed by atoms with Crippen molar-refractivity contribution in [3.05, 3.63) is 34.0 Å². The highest BCUT2D eigenvalue weighted by atomic mass is 35.5. The number of aromatic nitrogens is 2. The second kappa shape index (κ2) is 8.62. The van der Waals surface area contributed by atoms with Crippen LogP contribution in [0.3, 0.4) is 0 Å². The molecule has 0 aliphatic carbocycles. The molecule has 192 valence electrons. The maximum atomic E-state index is 13.6. The van der Waals surface area contributed by atoms with Crippen molar-refractivity contribution in [1.82, 2.24) is 9.78 Å². The SMILES string of the molecule is N#Cc1nn2c(c1[S+]([O-])C(F)(F)F)NC(CC(F)(F)F)(C(O)CO)c1cc(C(F)(F)F)cc(Cl)c1-2. The fraction of sp³-hybridized carbons (Fsp3) is 0.412. The monoisotopic (exact) mass is 556 g/mol. The summed E-state index contributed by atoms with van der Waals surface area (Å²) in [4.78, 5) is -1.45. The van der Waals surface area contributed by atoms with Crippen LogP contribution in [-0.4, -0.2) is 48.9 Å². The Morgan fingerprint density at radius 3 is 2.26 bits per heavy atom. The molecule has 3 rings (SSSR count). The number of rotatable bonds is 4. The Kier molecular flexibility index (Phi) is 6.70. The van der Waals surface area contributed by atoms with Gasteiger partial charge in [0.05, 0.1) is 29.3 Å². The molecule has 2 aromatic rings. The zero-order valence-electron chi connectivity index (χ0n) is 16.5. The van der Waals surface area contributed by atoms with Crippen LogP contribution in [-0.2, 0) is 22.9 Å². The van der Waals surface area contributed by atoms with Gasteiger partial charge in [-0.15, -0.1) is 18.3 Å². The van der Waals surface area contributed by atoms with Gasteiger partial charge in [0, 0.05) is 5.56 Å². The third kappa shape index (κ3) is 4.72. The summed E-state index contributed by atoms with van der Waals surface area (Å²) in [6.45, 7) is -1.51. The van der Waals surface area contributed by atoms with E-state index in [0.29, 0.717) is 4.68 Å². The van der Waals surface area contributed by atoms with Gasteiger partial charge in [0.15, 0.2) is 5.82 Å². The van der Waals surface area contributed by atoms with Gasteiger partial charge in [-0.1, -0.05) is 11.6 Å². The number of nitrogens with zero attached hydrogens (tertiary/aromatic N) is 3. The highest BCUT2D eigenvalue weighted by molar-refractivity contribution is 7.92. The number of benzene rings is 1. The average molecular weight is 557 g/mol. The molecule has 3 N–H and O–H groups in total. The van der Waals surface area contributed by atoms with Crippen molar-refractivity contribution < 1.29 is 54.3 Å². The van der Waals surface area contributed by atoms with Gasteiger partial charge in [-0.2, -0.15) is 31.6 Å². The molecule has 0 spiro atoms. The Morgan fingerprint density at radius 2 is 1.80 bits per heavy atom. The van der Waals surface area contributed by atoms with Crippen LogP contribution < -0.4 is 5.32 Å². The van der Waals surface area contributed by atoms with E-state index in [4.69, 9.17) is 11.6 Å². The Bertz CT molecular complexity index is 1190. The third-order valence-corrected chi connectivity index (χ3v) is 6.46. The van der Waals surface area contributed by atoms with Crippen molar-refractivity contribution in [2.24, 2.45) is 0 Å². The van der Waals surface area contributed by atoms with E-state index < -0.39 is 92.0 Å². The van der Waals surface area contributed by atoms with Crippen LogP contribution in [0, 0.1) is 11.3 Å². The van der Waals surface area contributed by atoms with E-state index in [-0.39, 0.29) is 12.1 Å². The molecule has 0 radical (unpaired) electrons. The first-order chi connectivity index (χ1) is 15.9. The van der Waals surface area contributed by atoms with E-state index >= 15 is 0 Å². The predicted octanol–water partition coefficient (Wildman–Crippen LogP) is 3.97. The van der Waals surface area contributed by atoms with Crippen molar-refractivity contribution in [2.75, 3.05) is 11.9 Å². The van der Waals surface area contributed by atoms with Gasteiger partial charge < -0.3 is 20.1 Å². The lowest BCUT2D eigenvalue weighted by Gasteiger charge is -2.44. The number of aliphatic hydroxyl groups is 2. The van der Waals surface area contributed by atoms with Gasteiger partial charge in [-0.3, -0.25) is 0 Å². The van der Waals surface area contributed by atoms with E-state index in [1.807, 2.05) is 5.32 Å². The second-order valence-electron chi connectivity index (χ2n) is 7.20. The summed E-state index contributed by atoms with van der Waals surface area (Å²) < 4.78 is 133. The van der Waals surface area contributed by atoms with Crippen LogP contribution in [0.15, 0.2) is 17.0 Å². The van der Waals surface area contributed by atoms with Crippen molar-refractivity contribution in [2.45, 2.75) is 40.8 Å². The molecule has 7 nitrogen and oxygen atoms in total. The van der Waals surface area contributed by atoms with Crippen LogP contribution in [0.25, 0.3) is 5.69 Å². The Balaban J connectivity index is 2.51. The Hall–Kier alpha value is -2.39. The van der Waals surface area contributed by atoms with Crippen molar-refractivity contribution in [3.63, 3.8) is 0 Å². The first-order valence-electron chi connectivity index (χ1n) is 8.94. The van der Waals surface area contributed by atoms with Crippen LogP contribution in [0.2, 0.25) is 5.02 Å². The number of fused-ring (bicyclic) bond motifs is 3. The number of halogens is 10. The zero-order valence-corrected chi connectivity index (χ0v) is 18.1. The van der Waals surface area contributed by atoms with Gasteiger partial charge in [-0.05, 0) is 12.1 Å². The summed E-state index contributed by atoms with van der Waals surface area (Å²) in [6, 6.07) is 1.58. The minimum absolute atomic E-state index is 0.149. The lowest BCUT2D eigenvalue weighted by atomic mass is 9.78. The first kappa shape index (κ1) is 27.2. The molecule has 0 saturated heterocycles. The van der Waals surface area contributed by atoms with Gasteiger partial charge >= 0.3 is 17.9 Å². The van der Waals surface area contributed by atoms with Gasteiger partial charge in [-0.25, -0.2) is 4.68 Å². The van der Waals surface area contributed by atoms with Crippen molar-refractivity contribution in [3.8, 4) is 11.8 Å². The number of hydrogen-bond donors (Lipinski definition) is 3. The Labute approximate surface area is 196 Å². The van der Waals surface area contributed by atoms with Gasteiger partial charge in [0.2, 0.25) is 10.6 Å². The Morgan fingerprint density at radius 1 is 1.20 bits per heavy atom. The molecule has 1 aliphatic rings. The summed E-state index contributed by atoms with van der Waals surface area (Å²) in [6.07, 6.45) is -15.3. The molecule has 35 heavy (non-hydrogen) atoms. The first-order valence-corrected chi connectivity index (χ1v) is 10.5. The van der Waals surface area contributed by atoms with Gasteiger partial charge in [0.1, 0.15) is 28.9 Å². The maximum absolute atomic E-state index is 13.6. The number of hydrogen-bond acceptors (Lipinski definition) is 6. The number of nitrogens with one attached hydrogen (secondary N) is 1. The number of aliphatic hydroxyl groups excluding tert-OH is 2. The van der Waals surface area contributed by atoms with Crippen molar-refractivity contribution >= 4 is 28.6 Å². The highest BCUT2D eigenvalue weighted by Gasteiger charge is 2.57. The molecule has 1 aromatic carbocycles. The normalized spacial score (nSPS) is 19.9. The quantitative estimate of drug-likeness (QED) is 0.388. The molecule has 0 bridgehead atoms. The smallest absolute Gasteiger partial charge is 0.578 e. The topological polar surface area (TPSA) is 117 Å². The summed E-state index contributed by atoms with van der Waals surface area (Å²) >= 11 is 1.85. The standard InChI is InChI=1S/C17H10ClF9N4O3S/c18-8-2-6(16(22,23)24)1-7-11(8)31-13(12(9(3-28)30-31)35(34)17(25,26)27)29-14(7,10(33)4-32)5-15(19,20)21/h1-2,10,29,32-33H,4-5H2. The van der Waals surface area contributed by atoms with Crippen molar-refractivity contribution in [1.29, 1.82) is 5.26 Å². The van der Waals surface area contributed by atoms with Crippen LogP contribution in [0.1, 0.15) is 23.2 Å². The molecular formula is C17H10ClF9N4O3S. The molecule has 0 fully saturated rings. The largest absolute Gasteiger partial charge is 0.604 e. The van der Waals surface area contributed by atoms with E-state index in [1.165, 1.54) is 6.07 Å². The molecule has 1 aliphatic heterocycles. The fourth-order valence-corrected chi connectivity index (χ4v) is 4.73. The lowest BCUT2D eigenvalue weighted by Crippen LogP contribution is -2.54. The average Bonchev–Trinajstić information content (AvgIpc) is 3.07. The molecule has 2 heterocycles. The summed E-state index contributed by atoms with van der Waals surface area (Å²) in [5, 5.41) is 33.4. The summed E-state index contributed by atoms with van der Waals surface area (Å²) in [5.74, 6) is -1.15. The third-order valence-electron chi connectivity index (χ3n) is 4.99. The van der Waals surface area contributed by atoms with Crippen LogP contribution in [0.4, 0.5) is 45.3 Å². The molecular weight excluding hydrogens is 547 g/mol. The van der Waals surface area contributed by atoms with Gasteiger partial charge in [0.25, 0.3) is 0 Å². The lowest BCUT2D eigenvalue weighted by molar-refractivity contribution is -0.158. The molecule has 18 heteroatoms. The molecule has 0 saturated carbocycles. The maximum Gasteiger partial charge on any atom is 0.578 e. The van der Waals surface area contributed by atoms with E-state index in [1.54, 1.807) is 0 Å². The second-order valence-corrected chi connectivity index (χ2v) is 9.02. The van der Waals surface area contributed by atoms with E-state index in [0.717, 1.165) is 0 Å². The van der Waals surface area contributed by atoms with E-state index in [2.05, 4.69) is 5.10 Å². The zero-order chi connectivity index (χ0) is 26.7. The highest BCUT2D eigenvalue weighted by Crippen LogP contribution is 2.51. The summed E-state index contributed by atoms with van der Waals surface area (Å²) in [5.41, 5.74) is -13.4. The minimum atomic E-state index is -5.54. The molecule has 3 unspecified atom stereocenters. The number of alkyl halides is 9.